The van der Waals surface area contributed by atoms with Crippen molar-refractivity contribution in [3.8, 4) is 11.1 Å². The summed E-state index contributed by atoms with van der Waals surface area (Å²) in [5.74, 6) is -1.20. The van der Waals surface area contributed by atoms with Crippen molar-refractivity contribution in [2.75, 3.05) is 18.4 Å². The molecule has 2 aliphatic rings. The number of hydrogen-bond acceptors (Lipinski definition) is 4. The molecular formula is C23H23FN4O3. The highest BCUT2D eigenvalue weighted by molar-refractivity contribution is 6.39. The van der Waals surface area contributed by atoms with E-state index in [0.717, 1.165) is 17.5 Å². The molecular weight excluding hydrogens is 399 g/mol. The number of carbonyl (C=O) groups is 3. The quantitative estimate of drug-likeness (QED) is 0.794. The molecule has 0 bridgehead atoms. The van der Waals surface area contributed by atoms with E-state index < -0.39 is 0 Å². The maximum absolute atomic E-state index is 13.2. The van der Waals surface area contributed by atoms with Crippen LogP contribution in [0.15, 0.2) is 53.6 Å². The summed E-state index contributed by atoms with van der Waals surface area (Å²) in [6.07, 6.45) is 1.97. The summed E-state index contributed by atoms with van der Waals surface area (Å²) in [6, 6.07) is 13.6. The highest BCUT2D eigenvalue weighted by Gasteiger charge is 2.31. The minimum Gasteiger partial charge on any atom is -0.337 e. The number of likely N-dealkylation sites (tertiary alicyclic amines) is 1. The van der Waals surface area contributed by atoms with Crippen molar-refractivity contribution in [1.82, 2.24) is 10.3 Å². The first kappa shape index (κ1) is 20.7. The predicted molar refractivity (Wildman–Crippen MR) is 115 cm³/mol. The second-order valence-corrected chi connectivity index (χ2v) is 7.76. The molecule has 160 valence electrons. The van der Waals surface area contributed by atoms with Gasteiger partial charge in [0.1, 0.15) is 11.5 Å². The Balaban J connectivity index is 1.40. The molecule has 2 aliphatic heterocycles. The Labute approximate surface area is 179 Å². The third-order valence-electron chi connectivity index (χ3n) is 5.54. The summed E-state index contributed by atoms with van der Waals surface area (Å²) < 4.78 is 13.2. The third-order valence-corrected chi connectivity index (χ3v) is 5.54. The van der Waals surface area contributed by atoms with Crippen LogP contribution in [0.3, 0.4) is 0 Å². The van der Waals surface area contributed by atoms with E-state index >= 15 is 0 Å². The van der Waals surface area contributed by atoms with Gasteiger partial charge in [-0.25, -0.2) is 9.82 Å². The highest BCUT2D eigenvalue weighted by Crippen LogP contribution is 2.24. The van der Waals surface area contributed by atoms with Crippen LogP contribution < -0.4 is 10.7 Å². The molecule has 0 aliphatic carbocycles. The molecule has 0 aromatic heterocycles. The van der Waals surface area contributed by atoms with Crippen molar-refractivity contribution >= 4 is 29.1 Å². The summed E-state index contributed by atoms with van der Waals surface area (Å²) in [6.45, 7) is 0.880. The Hall–Kier alpha value is -3.55. The van der Waals surface area contributed by atoms with Crippen LogP contribution in [0.5, 0.6) is 0 Å². The second-order valence-electron chi connectivity index (χ2n) is 7.76. The Kier molecular flexibility index (Phi) is 6.06. The molecule has 0 unspecified atom stereocenters. The first-order valence-electron chi connectivity index (χ1n) is 10.3. The van der Waals surface area contributed by atoms with Crippen molar-refractivity contribution in [2.24, 2.45) is 11.0 Å². The molecule has 31 heavy (non-hydrogen) atoms. The van der Waals surface area contributed by atoms with Gasteiger partial charge in [0.2, 0.25) is 11.8 Å². The van der Waals surface area contributed by atoms with E-state index in [1.807, 2.05) is 18.2 Å². The van der Waals surface area contributed by atoms with E-state index in [-0.39, 0.29) is 35.9 Å². The number of nitrogens with zero attached hydrogens (tertiary/aromatic N) is 2. The van der Waals surface area contributed by atoms with E-state index in [4.69, 9.17) is 0 Å². The number of amides is 3. The molecule has 0 spiro atoms. The molecule has 4 rings (SSSR count). The number of piperidine rings is 1. The summed E-state index contributed by atoms with van der Waals surface area (Å²) in [5, 5.41) is 6.81. The van der Waals surface area contributed by atoms with E-state index in [2.05, 4.69) is 15.8 Å². The lowest BCUT2D eigenvalue weighted by atomic mass is 9.96. The summed E-state index contributed by atoms with van der Waals surface area (Å²) >= 11 is 0. The van der Waals surface area contributed by atoms with Crippen molar-refractivity contribution in [1.29, 1.82) is 0 Å². The SMILES string of the molecule is O=C1CCC(C(=O)N2CCC[C@@H](C(=O)Nc3cccc(-c4ccc(F)cc4)c3)C2)=NN1. The Morgan fingerprint density at radius 2 is 1.90 bits per heavy atom. The lowest BCUT2D eigenvalue weighted by molar-refractivity contribution is -0.128. The Bertz CT molecular complexity index is 1040. The molecule has 1 atom stereocenters. The topological polar surface area (TPSA) is 90.9 Å². The zero-order valence-corrected chi connectivity index (χ0v) is 16.9. The molecule has 2 heterocycles. The second kappa shape index (κ2) is 9.07. The van der Waals surface area contributed by atoms with Crippen molar-refractivity contribution < 1.29 is 18.8 Å². The summed E-state index contributed by atoms with van der Waals surface area (Å²) in [4.78, 5) is 38.4. The van der Waals surface area contributed by atoms with Gasteiger partial charge >= 0.3 is 0 Å². The van der Waals surface area contributed by atoms with E-state index in [1.165, 1.54) is 12.1 Å². The van der Waals surface area contributed by atoms with Gasteiger partial charge in [-0.05, 0) is 48.2 Å². The van der Waals surface area contributed by atoms with Crippen LogP contribution in [0, 0.1) is 11.7 Å². The van der Waals surface area contributed by atoms with Crippen LogP contribution >= 0.6 is 0 Å². The van der Waals surface area contributed by atoms with E-state index in [9.17, 15) is 18.8 Å². The highest BCUT2D eigenvalue weighted by atomic mass is 19.1. The molecule has 0 saturated carbocycles. The van der Waals surface area contributed by atoms with Gasteiger partial charge in [-0.1, -0.05) is 24.3 Å². The largest absolute Gasteiger partial charge is 0.337 e. The minimum absolute atomic E-state index is 0.146. The molecule has 8 heteroatoms. The molecule has 2 aromatic carbocycles. The van der Waals surface area contributed by atoms with Gasteiger partial charge in [0.25, 0.3) is 5.91 Å². The average molecular weight is 422 g/mol. The number of benzene rings is 2. The van der Waals surface area contributed by atoms with Crippen LogP contribution in [-0.2, 0) is 14.4 Å². The summed E-state index contributed by atoms with van der Waals surface area (Å²) in [7, 11) is 0. The van der Waals surface area contributed by atoms with Crippen LogP contribution in [0.2, 0.25) is 0 Å². The van der Waals surface area contributed by atoms with Crippen LogP contribution in [0.4, 0.5) is 10.1 Å². The van der Waals surface area contributed by atoms with Gasteiger partial charge in [0.15, 0.2) is 0 Å². The zero-order valence-electron chi connectivity index (χ0n) is 16.9. The van der Waals surface area contributed by atoms with Crippen molar-refractivity contribution in [3.05, 3.63) is 54.3 Å². The molecule has 2 aromatic rings. The van der Waals surface area contributed by atoms with Crippen molar-refractivity contribution in [3.63, 3.8) is 0 Å². The fourth-order valence-electron chi connectivity index (χ4n) is 3.85. The maximum atomic E-state index is 13.2. The number of nitrogens with one attached hydrogen (secondary N) is 2. The first-order chi connectivity index (χ1) is 15.0. The lowest BCUT2D eigenvalue weighted by Gasteiger charge is -2.32. The molecule has 7 nitrogen and oxygen atoms in total. The van der Waals surface area contributed by atoms with Crippen LogP contribution in [0.1, 0.15) is 25.7 Å². The lowest BCUT2D eigenvalue weighted by Crippen LogP contribution is -2.47. The Morgan fingerprint density at radius 1 is 1.10 bits per heavy atom. The molecule has 2 N–H and O–H groups in total. The van der Waals surface area contributed by atoms with Crippen LogP contribution in [0.25, 0.3) is 11.1 Å². The normalized spacial score (nSPS) is 18.7. The standard InChI is InChI=1S/C23H23FN4O3/c24-18-8-6-15(7-9-18)16-3-1-5-19(13-16)25-22(30)17-4-2-12-28(14-17)23(31)20-10-11-21(29)27-26-20/h1,3,5-9,13,17H,2,4,10-12,14H2,(H,25,30)(H,27,29)/t17-/m1/s1. The van der Waals surface area contributed by atoms with Crippen LogP contribution in [-0.4, -0.2) is 41.4 Å². The van der Waals surface area contributed by atoms with Gasteiger partial charge < -0.3 is 10.2 Å². The van der Waals surface area contributed by atoms with Gasteiger partial charge in [-0.3, -0.25) is 14.4 Å². The Morgan fingerprint density at radius 3 is 2.65 bits per heavy atom. The first-order valence-corrected chi connectivity index (χ1v) is 10.3. The molecule has 1 saturated heterocycles. The van der Waals surface area contributed by atoms with Gasteiger partial charge in [0, 0.05) is 31.6 Å². The van der Waals surface area contributed by atoms with Gasteiger partial charge in [-0.2, -0.15) is 5.10 Å². The van der Waals surface area contributed by atoms with E-state index in [0.29, 0.717) is 37.3 Å². The van der Waals surface area contributed by atoms with Gasteiger partial charge in [0.05, 0.1) is 5.92 Å². The predicted octanol–water partition coefficient (Wildman–Crippen LogP) is 2.94. The zero-order chi connectivity index (χ0) is 21.8. The number of halogens is 1. The number of carbonyl (C=O) groups excluding carboxylic acids is 3. The number of rotatable bonds is 4. The van der Waals surface area contributed by atoms with Gasteiger partial charge in [-0.15, -0.1) is 0 Å². The fourth-order valence-corrected chi connectivity index (χ4v) is 3.85. The number of hydrogen-bond donors (Lipinski definition) is 2. The summed E-state index contributed by atoms with van der Waals surface area (Å²) in [5.41, 5.74) is 5.04. The average Bonchev–Trinajstić information content (AvgIpc) is 2.80. The maximum Gasteiger partial charge on any atom is 0.270 e. The molecule has 1 fully saturated rings. The fraction of sp³-hybridized carbons (Fsp3) is 0.304. The van der Waals surface area contributed by atoms with E-state index in [1.54, 1.807) is 23.1 Å². The molecule has 0 radical (unpaired) electrons. The number of anilines is 1. The monoisotopic (exact) mass is 422 g/mol. The molecule has 3 amide bonds. The number of hydrazone groups is 1. The van der Waals surface area contributed by atoms with Crippen molar-refractivity contribution in [2.45, 2.75) is 25.7 Å². The smallest absolute Gasteiger partial charge is 0.270 e. The minimum atomic E-state index is -0.328. The third kappa shape index (κ3) is 4.96.